The molecule has 0 aliphatic heterocycles. The third-order valence-electron chi connectivity index (χ3n) is 3.79. The summed E-state index contributed by atoms with van der Waals surface area (Å²) in [5.74, 6) is -0.144. The largest absolute Gasteiger partial charge is 0.326 e. The third kappa shape index (κ3) is 4.19. The quantitative estimate of drug-likeness (QED) is 0.689. The summed E-state index contributed by atoms with van der Waals surface area (Å²) in [5, 5.41) is 3.77. The minimum atomic E-state index is -0.118. The monoisotopic (exact) mass is 350 g/mol. The third-order valence-corrected chi connectivity index (χ3v) is 4.99. The van der Waals surface area contributed by atoms with Gasteiger partial charge in [0.05, 0.1) is 12.1 Å². The van der Waals surface area contributed by atoms with Crippen LogP contribution >= 0.6 is 11.3 Å². The number of benzene rings is 2. The van der Waals surface area contributed by atoms with Crippen molar-refractivity contribution in [2.24, 2.45) is 0 Å². The summed E-state index contributed by atoms with van der Waals surface area (Å²) in [6.07, 6.45) is 0.265. The molecule has 0 spiro atoms. The number of nitrogens with one attached hydrogen (secondary N) is 1. The van der Waals surface area contributed by atoms with Gasteiger partial charge >= 0.3 is 0 Å². The lowest BCUT2D eigenvalue weighted by Crippen LogP contribution is -2.14. The van der Waals surface area contributed by atoms with Gasteiger partial charge in [0.15, 0.2) is 5.78 Å². The van der Waals surface area contributed by atoms with E-state index in [-0.39, 0.29) is 18.1 Å². The average Bonchev–Trinajstić information content (AvgIpc) is 2.96. The Morgan fingerprint density at radius 2 is 1.84 bits per heavy atom. The Balaban J connectivity index is 1.72. The Bertz CT molecular complexity index is 916. The molecule has 0 fully saturated rings. The first-order chi connectivity index (χ1) is 12.0. The number of hydrogen-bond donors (Lipinski definition) is 1. The SMILES string of the molecule is CC(=O)c1cccc(NC(=O)Cc2sc(-c3ccccc3)nc2C)c1. The number of thiazole rings is 1. The highest BCUT2D eigenvalue weighted by molar-refractivity contribution is 7.15. The number of ketones is 1. The van der Waals surface area contributed by atoms with Crippen LogP contribution < -0.4 is 5.32 Å². The van der Waals surface area contributed by atoms with Gasteiger partial charge in [-0.15, -0.1) is 11.3 Å². The van der Waals surface area contributed by atoms with E-state index in [1.54, 1.807) is 24.3 Å². The van der Waals surface area contributed by atoms with Crippen molar-refractivity contribution in [2.75, 3.05) is 5.32 Å². The zero-order valence-electron chi connectivity index (χ0n) is 14.1. The maximum atomic E-state index is 12.3. The molecule has 0 radical (unpaired) electrons. The molecule has 3 aromatic rings. The lowest BCUT2D eigenvalue weighted by molar-refractivity contribution is -0.115. The van der Waals surface area contributed by atoms with E-state index in [0.29, 0.717) is 11.3 Å². The van der Waals surface area contributed by atoms with Crippen molar-refractivity contribution in [3.05, 3.63) is 70.7 Å². The summed E-state index contributed by atoms with van der Waals surface area (Å²) in [7, 11) is 0. The van der Waals surface area contributed by atoms with Gasteiger partial charge in [0.25, 0.3) is 0 Å². The van der Waals surface area contributed by atoms with Crippen LogP contribution in [0.25, 0.3) is 10.6 Å². The van der Waals surface area contributed by atoms with E-state index in [4.69, 9.17) is 0 Å². The number of aryl methyl sites for hydroxylation is 1. The smallest absolute Gasteiger partial charge is 0.229 e. The lowest BCUT2D eigenvalue weighted by atomic mass is 10.1. The van der Waals surface area contributed by atoms with Gasteiger partial charge in [-0.1, -0.05) is 42.5 Å². The zero-order chi connectivity index (χ0) is 17.8. The molecule has 1 amide bonds. The lowest BCUT2D eigenvalue weighted by Gasteiger charge is -2.06. The van der Waals surface area contributed by atoms with E-state index in [1.807, 2.05) is 37.3 Å². The molecule has 0 unspecified atom stereocenters. The van der Waals surface area contributed by atoms with Gasteiger partial charge in [-0.3, -0.25) is 9.59 Å². The predicted molar refractivity (Wildman–Crippen MR) is 101 cm³/mol. The Hall–Kier alpha value is -2.79. The molecule has 2 aromatic carbocycles. The summed E-state index contributed by atoms with van der Waals surface area (Å²) in [6, 6.07) is 16.9. The number of rotatable bonds is 5. The van der Waals surface area contributed by atoms with Gasteiger partial charge in [0, 0.05) is 21.7 Å². The Morgan fingerprint density at radius 1 is 1.08 bits per heavy atom. The standard InChI is InChI=1S/C20H18N2O2S/c1-13-18(25-20(21-13)15-7-4-3-5-8-15)12-19(24)22-17-10-6-9-16(11-17)14(2)23/h3-11H,12H2,1-2H3,(H,22,24). The van der Waals surface area contributed by atoms with Crippen LogP contribution in [0.3, 0.4) is 0 Å². The molecule has 0 aliphatic rings. The van der Waals surface area contributed by atoms with Crippen LogP contribution in [-0.2, 0) is 11.2 Å². The maximum absolute atomic E-state index is 12.3. The molecule has 0 saturated heterocycles. The fourth-order valence-corrected chi connectivity index (χ4v) is 3.53. The van der Waals surface area contributed by atoms with Crippen LogP contribution in [0.5, 0.6) is 0 Å². The highest BCUT2D eigenvalue weighted by Crippen LogP contribution is 2.28. The molecule has 3 rings (SSSR count). The van der Waals surface area contributed by atoms with Crippen LogP contribution in [0.15, 0.2) is 54.6 Å². The number of amides is 1. The first-order valence-electron chi connectivity index (χ1n) is 7.95. The van der Waals surface area contributed by atoms with E-state index in [1.165, 1.54) is 18.3 Å². The van der Waals surface area contributed by atoms with Crippen molar-refractivity contribution in [2.45, 2.75) is 20.3 Å². The van der Waals surface area contributed by atoms with Gasteiger partial charge in [-0.25, -0.2) is 4.98 Å². The number of anilines is 1. The second-order valence-corrected chi connectivity index (χ2v) is 6.84. The predicted octanol–water partition coefficient (Wildman–Crippen LogP) is 4.50. The van der Waals surface area contributed by atoms with E-state index >= 15 is 0 Å². The van der Waals surface area contributed by atoms with Crippen LogP contribution in [0.1, 0.15) is 27.9 Å². The second-order valence-electron chi connectivity index (χ2n) is 5.76. The summed E-state index contributed by atoms with van der Waals surface area (Å²) in [5.41, 5.74) is 3.13. The number of hydrogen-bond acceptors (Lipinski definition) is 4. The number of Topliss-reactive ketones (excluding diaryl/α,β-unsaturated/α-hetero) is 1. The molecule has 0 saturated carbocycles. The molecule has 25 heavy (non-hydrogen) atoms. The number of carbonyl (C=O) groups is 2. The first kappa shape index (κ1) is 17.0. The van der Waals surface area contributed by atoms with Gasteiger partial charge < -0.3 is 5.32 Å². The fourth-order valence-electron chi connectivity index (χ4n) is 2.46. The van der Waals surface area contributed by atoms with Crippen LogP contribution in [0.4, 0.5) is 5.69 Å². The first-order valence-corrected chi connectivity index (χ1v) is 8.77. The Labute approximate surface area is 150 Å². The van der Waals surface area contributed by atoms with Gasteiger partial charge in [-0.05, 0) is 26.0 Å². The highest BCUT2D eigenvalue weighted by Gasteiger charge is 2.13. The molecule has 1 aromatic heterocycles. The summed E-state index contributed by atoms with van der Waals surface area (Å²) in [6.45, 7) is 3.43. The molecule has 5 heteroatoms. The van der Waals surface area contributed by atoms with E-state index in [2.05, 4.69) is 10.3 Å². The van der Waals surface area contributed by atoms with Crippen molar-refractivity contribution in [3.63, 3.8) is 0 Å². The highest BCUT2D eigenvalue weighted by atomic mass is 32.1. The Morgan fingerprint density at radius 3 is 2.56 bits per heavy atom. The topological polar surface area (TPSA) is 59.1 Å². The fraction of sp³-hybridized carbons (Fsp3) is 0.150. The van der Waals surface area contributed by atoms with E-state index < -0.39 is 0 Å². The van der Waals surface area contributed by atoms with Gasteiger partial charge in [0.2, 0.25) is 5.91 Å². The molecule has 126 valence electrons. The van der Waals surface area contributed by atoms with Crippen LogP contribution in [0, 0.1) is 6.92 Å². The zero-order valence-corrected chi connectivity index (χ0v) is 14.9. The Kier molecular flexibility index (Phi) is 5.05. The molecular weight excluding hydrogens is 332 g/mol. The van der Waals surface area contributed by atoms with E-state index in [9.17, 15) is 9.59 Å². The van der Waals surface area contributed by atoms with Crippen molar-refractivity contribution in [3.8, 4) is 10.6 Å². The summed E-state index contributed by atoms with van der Waals surface area (Å²) in [4.78, 5) is 29.3. The van der Waals surface area contributed by atoms with Crippen molar-refractivity contribution in [1.29, 1.82) is 0 Å². The molecular formula is C20H18N2O2S. The molecule has 0 aliphatic carbocycles. The molecule has 0 atom stereocenters. The van der Waals surface area contributed by atoms with Crippen LogP contribution in [0.2, 0.25) is 0 Å². The van der Waals surface area contributed by atoms with Crippen molar-refractivity contribution < 1.29 is 9.59 Å². The minimum absolute atomic E-state index is 0.0260. The van der Waals surface area contributed by atoms with Crippen molar-refractivity contribution >= 4 is 28.7 Å². The minimum Gasteiger partial charge on any atom is -0.326 e. The average molecular weight is 350 g/mol. The van der Waals surface area contributed by atoms with Crippen LogP contribution in [-0.4, -0.2) is 16.7 Å². The second kappa shape index (κ2) is 7.40. The molecule has 4 nitrogen and oxygen atoms in total. The number of carbonyl (C=O) groups excluding carboxylic acids is 2. The van der Waals surface area contributed by atoms with Gasteiger partial charge in [0.1, 0.15) is 5.01 Å². The molecule has 1 heterocycles. The van der Waals surface area contributed by atoms with Crippen molar-refractivity contribution in [1.82, 2.24) is 4.98 Å². The number of nitrogens with zero attached hydrogens (tertiary/aromatic N) is 1. The molecule has 1 N–H and O–H groups in total. The normalized spacial score (nSPS) is 10.5. The molecule has 0 bridgehead atoms. The summed E-state index contributed by atoms with van der Waals surface area (Å²) >= 11 is 1.53. The maximum Gasteiger partial charge on any atom is 0.229 e. The van der Waals surface area contributed by atoms with E-state index in [0.717, 1.165) is 21.1 Å². The van der Waals surface area contributed by atoms with Gasteiger partial charge in [-0.2, -0.15) is 0 Å². The summed E-state index contributed by atoms with van der Waals surface area (Å²) < 4.78 is 0. The number of aromatic nitrogens is 1.